The fourth-order valence-electron chi connectivity index (χ4n) is 4.74. The van der Waals surface area contributed by atoms with E-state index in [1.54, 1.807) is 24.0 Å². The lowest BCUT2D eigenvalue weighted by molar-refractivity contribution is -0.133. The van der Waals surface area contributed by atoms with Crippen LogP contribution >= 0.6 is 11.6 Å². The number of anilines is 1. The lowest BCUT2D eigenvalue weighted by Crippen LogP contribution is -2.65. The Hall–Kier alpha value is -2.87. The van der Waals surface area contributed by atoms with Crippen molar-refractivity contribution in [2.45, 2.75) is 77.4 Å². The number of hydrogen-bond acceptors (Lipinski definition) is 4. The van der Waals surface area contributed by atoms with Crippen LogP contribution in [-0.4, -0.2) is 50.5 Å². The second-order valence-electron chi connectivity index (χ2n) is 9.52. The molecule has 1 atom stereocenters. The normalized spacial score (nSPS) is 20.4. The maximum atomic E-state index is 13.5. The van der Waals surface area contributed by atoms with E-state index in [2.05, 4.69) is 22.7 Å². The molecular formula is C25H32ClN5O3. The van der Waals surface area contributed by atoms with Gasteiger partial charge in [-0.05, 0) is 50.8 Å². The van der Waals surface area contributed by atoms with E-state index in [9.17, 15) is 14.4 Å². The summed E-state index contributed by atoms with van der Waals surface area (Å²) in [5.41, 5.74) is 0.805. The van der Waals surface area contributed by atoms with Gasteiger partial charge in [-0.2, -0.15) is 5.10 Å². The molecule has 9 heteroatoms. The number of rotatable bonds is 7. The zero-order valence-electron chi connectivity index (χ0n) is 20.0. The van der Waals surface area contributed by atoms with Crippen molar-refractivity contribution in [1.29, 1.82) is 0 Å². The van der Waals surface area contributed by atoms with Crippen LogP contribution in [0, 0.1) is 6.92 Å². The molecule has 34 heavy (non-hydrogen) atoms. The van der Waals surface area contributed by atoms with Crippen LogP contribution in [0.25, 0.3) is 0 Å². The number of unbranched alkanes of at least 4 members (excludes halogenated alkanes) is 1. The van der Waals surface area contributed by atoms with Crippen molar-refractivity contribution in [3.63, 3.8) is 0 Å². The minimum absolute atomic E-state index is 0.124. The van der Waals surface area contributed by atoms with Crippen LogP contribution < -0.4 is 10.6 Å². The smallest absolute Gasteiger partial charge is 0.276 e. The van der Waals surface area contributed by atoms with E-state index in [1.807, 2.05) is 13.0 Å². The fourth-order valence-corrected chi connectivity index (χ4v) is 4.92. The molecule has 0 unspecified atom stereocenters. The first-order chi connectivity index (χ1) is 16.2. The average Bonchev–Trinajstić information content (AvgIpc) is 3.46. The van der Waals surface area contributed by atoms with E-state index in [4.69, 9.17) is 11.6 Å². The first kappa shape index (κ1) is 24.3. The molecule has 0 spiro atoms. The predicted molar refractivity (Wildman–Crippen MR) is 131 cm³/mol. The lowest BCUT2D eigenvalue weighted by Gasteiger charge is -2.43. The summed E-state index contributed by atoms with van der Waals surface area (Å²) < 4.78 is 1.50. The third kappa shape index (κ3) is 4.69. The van der Waals surface area contributed by atoms with Gasteiger partial charge in [0.1, 0.15) is 11.2 Å². The minimum Gasteiger partial charge on any atom is -0.351 e. The van der Waals surface area contributed by atoms with Crippen molar-refractivity contribution < 1.29 is 14.4 Å². The van der Waals surface area contributed by atoms with Crippen molar-refractivity contribution in [1.82, 2.24) is 20.0 Å². The summed E-state index contributed by atoms with van der Waals surface area (Å²) in [4.78, 5) is 41.5. The highest BCUT2D eigenvalue weighted by Gasteiger charge is 2.48. The maximum Gasteiger partial charge on any atom is 0.276 e. The lowest BCUT2D eigenvalue weighted by atomic mass is 9.94. The SMILES string of the molecule is CCCCN1C(=O)c2cc(C(=O)Nc3cc(Cl)ccc3C)nn2C[C@]1(C)C(=O)NC1CCCC1. The first-order valence-electron chi connectivity index (χ1n) is 12.0. The van der Waals surface area contributed by atoms with Gasteiger partial charge in [-0.15, -0.1) is 0 Å². The number of halogens is 1. The fraction of sp³-hybridized carbons (Fsp3) is 0.520. The molecule has 1 fully saturated rings. The Kier molecular flexibility index (Phi) is 6.98. The van der Waals surface area contributed by atoms with Crippen molar-refractivity contribution in [2.24, 2.45) is 0 Å². The van der Waals surface area contributed by atoms with Gasteiger partial charge in [0.25, 0.3) is 11.8 Å². The molecule has 8 nitrogen and oxygen atoms in total. The van der Waals surface area contributed by atoms with Gasteiger partial charge in [0.15, 0.2) is 5.69 Å². The van der Waals surface area contributed by atoms with Gasteiger partial charge in [0.2, 0.25) is 5.91 Å². The molecule has 1 aromatic heterocycles. The van der Waals surface area contributed by atoms with Gasteiger partial charge in [0, 0.05) is 29.4 Å². The number of amides is 3. The highest BCUT2D eigenvalue weighted by atomic mass is 35.5. The predicted octanol–water partition coefficient (Wildman–Crippen LogP) is 4.17. The molecule has 1 aliphatic heterocycles. The van der Waals surface area contributed by atoms with Gasteiger partial charge in [-0.3, -0.25) is 19.1 Å². The zero-order valence-corrected chi connectivity index (χ0v) is 20.7. The van der Waals surface area contributed by atoms with Crippen LogP contribution in [-0.2, 0) is 11.3 Å². The minimum atomic E-state index is -1.08. The molecule has 1 aliphatic carbocycles. The summed E-state index contributed by atoms with van der Waals surface area (Å²) in [6.07, 6.45) is 5.82. The van der Waals surface area contributed by atoms with Crippen LogP contribution in [0.15, 0.2) is 24.3 Å². The van der Waals surface area contributed by atoms with Crippen molar-refractivity contribution in [2.75, 3.05) is 11.9 Å². The Bertz CT molecular complexity index is 1110. The summed E-state index contributed by atoms with van der Waals surface area (Å²) in [6, 6.07) is 6.90. The molecule has 3 amide bonds. The Morgan fingerprint density at radius 2 is 1.97 bits per heavy atom. The molecule has 4 rings (SSSR count). The van der Waals surface area contributed by atoms with E-state index >= 15 is 0 Å². The number of nitrogens with zero attached hydrogens (tertiary/aromatic N) is 3. The number of fused-ring (bicyclic) bond motifs is 1. The quantitative estimate of drug-likeness (QED) is 0.615. The van der Waals surface area contributed by atoms with Crippen LogP contribution in [0.3, 0.4) is 0 Å². The van der Waals surface area contributed by atoms with Gasteiger partial charge in [0.05, 0.1) is 6.54 Å². The maximum absolute atomic E-state index is 13.5. The molecule has 2 aromatic rings. The van der Waals surface area contributed by atoms with Crippen LogP contribution in [0.4, 0.5) is 5.69 Å². The molecule has 182 valence electrons. The third-order valence-electron chi connectivity index (χ3n) is 6.89. The van der Waals surface area contributed by atoms with E-state index in [1.165, 1.54) is 10.7 Å². The van der Waals surface area contributed by atoms with Crippen LogP contribution in [0.1, 0.15) is 78.9 Å². The summed E-state index contributed by atoms with van der Waals surface area (Å²) >= 11 is 6.07. The van der Waals surface area contributed by atoms with Crippen LogP contribution in [0.2, 0.25) is 5.02 Å². The second-order valence-corrected chi connectivity index (χ2v) is 9.96. The second kappa shape index (κ2) is 9.78. The highest BCUT2D eigenvalue weighted by molar-refractivity contribution is 6.31. The number of benzene rings is 1. The molecule has 0 saturated heterocycles. The molecular weight excluding hydrogens is 454 g/mol. The number of aromatic nitrogens is 2. The van der Waals surface area contributed by atoms with Crippen molar-refractivity contribution >= 4 is 35.0 Å². The van der Waals surface area contributed by atoms with E-state index in [-0.39, 0.29) is 30.1 Å². The Morgan fingerprint density at radius 3 is 2.68 bits per heavy atom. The van der Waals surface area contributed by atoms with Crippen molar-refractivity contribution in [3.8, 4) is 0 Å². The van der Waals surface area contributed by atoms with E-state index < -0.39 is 11.4 Å². The van der Waals surface area contributed by atoms with E-state index in [0.717, 1.165) is 44.1 Å². The highest BCUT2D eigenvalue weighted by Crippen LogP contribution is 2.30. The number of carbonyl (C=O) groups excluding carboxylic acids is 3. The molecule has 0 radical (unpaired) electrons. The number of carbonyl (C=O) groups is 3. The molecule has 1 aromatic carbocycles. The zero-order chi connectivity index (χ0) is 24.5. The standard InChI is InChI=1S/C25H32ClN5O3/c1-4-5-12-30-23(33)21-14-20(22(32)28-19-13-17(26)11-10-16(19)2)29-31(21)15-25(30,3)24(34)27-18-8-6-7-9-18/h10-11,13-14,18H,4-9,12,15H2,1-3H3,(H,27,34)(H,28,32)/t25-/m1/s1. The number of hydrogen-bond donors (Lipinski definition) is 2. The van der Waals surface area contributed by atoms with Crippen molar-refractivity contribution in [3.05, 3.63) is 46.2 Å². The largest absolute Gasteiger partial charge is 0.351 e. The van der Waals surface area contributed by atoms with Crippen LogP contribution in [0.5, 0.6) is 0 Å². The Morgan fingerprint density at radius 1 is 1.24 bits per heavy atom. The van der Waals surface area contributed by atoms with E-state index in [0.29, 0.717) is 22.9 Å². The number of nitrogens with one attached hydrogen (secondary N) is 2. The molecule has 2 heterocycles. The molecule has 0 bridgehead atoms. The Balaban J connectivity index is 1.61. The van der Waals surface area contributed by atoms with Gasteiger partial charge in [-0.25, -0.2) is 0 Å². The number of aryl methyl sites for hydroxylation is 1. The molecule has 2 N–H and O–H groups in total. The van der Waals surface area contributed by atoms with Gasteiger partial charge < -0.3 is 15.5 Å². The Labute approximate surface area is 205 Å². The summed E-state index contributed by atoms with van der Waals surface area (Å²) in [7, 11) is 0. The monoisotopic (exact) mass is 485 g/mol. The summed E-state index contributed by atoms with van der Waals surface area (Å²) in [6.45, 7) is 6.38. The van der Waals surface area contributed by atoms with Gasteiger partial charge >= 0.3 is 0 Å². The first-order valence-corrected chi connectivity index (χ1v) is 12.4. The molecule has 1 saturated carbocycles. The topological polar surface area (TPSA) is 96.3 Å². The summed E-state index contributed by atoms with van der Waals surface area (Å²) in [5.74, 6) is -0.878. The summed E-state index contributed by atoms with van der Waals surface area (Å²) in [5, 5.41) is 10.9. The average molecular weight is 486 g/mol. The van der Waals surface area contributed by atoms with Gasteiger partial charge in [-0.1, -0.05) is 43.9 Å². The third-order valence-corrected chi connectivity index (χ3v) is 7.13. The molecule has 2 aliphatic rings.